The molecule has 0 unspecified atom stereocenters. The molecule has 7 aromatic rings. The van der Waals surface area contributed by atoms with Gasteiger partial charge in [-0.2, -0.15) is 0 Å². The maximum atomic E-state index is 13.2. The van der Waals surface area contributed by atoms with Crippen LogP contribution in [0, 0.1) is 0 Å². The van der Waals surface area contributed by atoms with E-state index in [-0.39, 0.29) is 5.56 Å². The normalized spacial score (nSPS) is 12.1. The first-order chi connectivity index (χ1) is 15.6. The summed E-state index contributed by atoms with van der Waals surface area (Å²) in [6.07, 6.45) is 0. The standard InChI is InChI=1S/C29H17NO2/c1-16-17(2)30-28-23(16)14-19(15-25(28)20-7-3-4-9-22(20)29(30)31)18-11-12-27-24(13-18)21-8-5-6-10-26(21)32-27/h3-15H,1-2H2. The van der Waals surface area contributed by atoms with Crippen molar-refractivity contribution in [3.8, 4) is 11.1 Å². The molecule has 3 heterocycles. The molecule has 0 fully saturated rings. The fourth-order valence-electron chi connectivity index (χ4n) is 5.06. The Bertz CT molecular complexity index is 2040. The number of fused-ring (bicyclic) bond motifs is 5. The molecule has 0 aliphatic heterocycles. The average molecular weight is 411 g/mol. The Morgan fingerprint density at radius 2 is 1.28 bits per heavy atom. The number of aromatic nitrogens is 1. The third kappa shape index (κ3) is 2.07. The maximum absolute atomic E-state index is 13.2. The van der Waals surface area contributed by atoms with Crippen molar-refractivity contribution in [1.29, 1.82) is 0 Å². The lowest BCUT2D eigenvalue weighted by Crippen LogP contribution is -2.29. The van der Waals surface area contributed by atoms with E-state index >= 15 is 0 Å². The Balaban J connectivity index is 1.65. The molecular formula is C29H17NO2. The zero-order valence-electron chi connectivity index (χ0n) is 17.2. The molecule has 0 spiro atoms. The van der Waals surface area contributed by atoms with Gasteiger partial charge in [0.1, 0.15) is 11.2 Å². The summed E-state index contributed by atoms with van der Waals surface area (Å²) in [5.41, 5.74) is 4.77. The second kappa shape index (κ2) is 5.86. The summed E-state index contributed by atoms with van der Waals surface area (Å²) in [5.74, 6) is 0. The number of para-hydroxylation sites is 1. The van der Waals surface area contributed by atoms with Gasteiger partial charge >= 0.3 is 0 Å². The molecule has 0 bridgehead atoms. The van der Waals surface area contributed by atoms with E-state index in [1.54, 1.807) is 4.40 Å². The second-order valence-electron chi connectivity index (χ2n) is 8.34. The number of nitrogens with zero attached hydrogens (tertiary/aromatic N) is 1. The molecule has 150 valence electrons. The average Bonchev–Trinajstić information content (AvgIpc) is 3.32. The first kappa shape index (κ1) is 17.3. The molecule has 0 saturated carbocycles. The van der Waals surface area contributed by atoms with Crippen molar-refractivity contribution in [3.05, 3.63) is 99.8 Å². The van der Waals surface area contributed by atoms with Gasteiger partial charge < -0.3 is 4.42 Å². The van der Waals surface area contributed by atoms with Crippen LogP contribution in [0.4, 0.5) is 0 Å². The van der Waals surface area contributed by atoms with Crippen LogP contribution < -0.4 is 16.1 Å². The fraction of sp³-hybridized carbons (Fsp3) is 0. The van der Waals surface area contributed by atoms with Crippen molar-refractivity contribution in [2.45, 2.75) is 0 Å². The highest BCUT2D eigenvalue weighted by atomic mass is 16.3. The number of benzene rings is 4. The minimum absolute atomic E-state index is 0.0444. The highest BCUT2D eigenvalue weighted by molar-refractivity contribution is 6.14. The Hall–Kier alpha value is -4.37. The molecular weight excluding hydrogens is 394 g/mol. The Kier molecular flexibility index (Phi) is 3.17. The van der Waals surface area contributed by atoms with Crippen molar-refractivity contribution in [1.82, 2.24) is 4.40 Å². The number of hydrogen-bond acceptors (Lipinski definition) is 2. The Morgan fingerprint density at radius 1 is 0.625 bits per heavy atom. The monoisotopic (exact) mass is 411 g/mol. The van der Waals surface area contributed by atoms with Crippen LogP contribution >= 0.6 is 0 Å². The van der Waals surface area contributed by atoms with E-state index in [1.165, 1.54) is 0 Å². The molecule has 3 heteroatoms. The van der Waals surface area contributed by atoms with E-state index in [4.69, 9.17) is 4.42 Å². The van der Waals surface area contributed by atoms with Crippen LogP contribution in [-0.2, 0) is 0 Å². The Labute approximate surface area is 182 Å². The van der Waals surface area contributed by atoms with E-state index in [9.17, 15) is 4.79 Å². The predicted molar refractivity (Wildman–Crippen MR) is 133 cm³/mol. The predicted octanol–water partition coefficient (Wildman–Crippen LogP) is 5.43. The van der Waals surface area contributed by atoms with Crippen LogP contribution in [0.2, 0.25) is 0 Å². The van der Waals surface area contributed by atoms with Gasteiger partial charge in [0.15, 0.2) is 0 Å². The summed E-state index contributed by atoms with van der Waals surface area (Å²) in [6.45, 7) is 8.41. The first-order valence-electron chi connectivity index (χ1n) is 10.5. The number of furan rings is 1. The lowest BCUT2D eigenvalue weighted by atomic mass is 9.97. The van der Waals surface area contributed by atoms with E-state index < -0.39 is 0 Å². The van der Waals surface area contributed by atoms with Gasteiger partial charge in [0, 0.05) is 37.5 Å². The van der Waals surface area contributed by atoms with Crippen LogP contribution in [-0.4, -0.2) is 4.40 Å². The van der Waals surface area contributed by atoms with Crippen LogP contribution in [0.5, 0.6) is 0 Å². The first-order valence-corrected chi connectivity index (χ1v) is 10.5. The van der Waals surface area contributed by atoms with E-state index in [1.807, 2.05) is 48.5 Å². The van der Waals surface area contributed by atoms with Crippen molar-refractivity contribution < 1.29 is 4.42 Å². The molecule has 3 nitrogen and oxygen atoms in total. The lowest BCUT2D eigenvalue weighted by molar-refractivity contribution is 0.669. The van der Waals surface area contributed by atoms with Crippen LogP contribution in [0.15, 0.2) is 88.1 Å². The van der Waals surface area contributed by atoms with Gasteiger partial charge in [0.25, 0.3) is 5.56 Å². The van der Waals surface area contributed by atoms with Crippen LogP contribution in [0.3, 0.4) is 0 Å². The third-order valence-corrected chi connectivity index (χ3v) is 6.64. The molecule has 0 amide bonds. The van der Waals surface area contributed by atoms with Crippen LogP contribution in [0.1, 0.15) is 0 Å². The minimum atomic E-state index is -0.0444. The van der Waals surface area contributed by atoms with E-state index in [0.29, 0.717) is 10.7 Å². The molecule has 0 aliphatic rings. The SMILES string of the molecule is C=c1c(=C)n2c(=O)c3ccccc3c3cc(-c4ccc5oc6ccccc6c5c4)cc1c32. The molecule has 0 radical (unpaired) electrons. The molecule has 0 saturated heterocycles. The van der Waals surface area contributed by atoms with Gasteiger partial charge in [-0.05, 0) is 52.9 Å². The van der Waals surface area contributed by atoms with Crippen molar-refractivity contribution in [3.63, 3.8) is 0 Å². The largest absolute Gasteiger partial charge is 0.456 e. The number of hydrogen-bond donors (Lipinski definition) is 0. The van der Waals surface area contributed by atoms with Crippen molar-refractivity contribution in [2.75, 3.05) is 0 Å². The summed E-state index contributed by atoms with van der Waals surface area (Å²) < 4.78 is 7.72. The number of pyridine rings is 1. The molecule has 7 rings (SSSR count). The summed E-state index contributed by atoms with van der Waals surface area (Å²) >= 11 is 0. The van der Waals surface area contributed by atoms with Gasteiger partial charge in [0.2, 0.25) is 0 Å². The molecule has 0 N–H and O–H groups in total. The van der Waals surface area contributed by atoms with Crippen molar-refractivity contribution in [2.24, 2.45) is 0 Å². The molecule has 32 heavy (non-hydrogen) atoms. The minimum Gasteiger partial charge on any atom is -0.456 e. The summed E-state index contributed by atoms with van der Waals surface area (Å²) in [7, 11) is 0. The summed E-state index contributed by atoms with van der Waals surface area (Å²) in [4.78, 5) is 13.2. The maximum Gasteiger partial charge on any atom is 0.263 e. The zero-order chi connectivity index (χ0) is 21.6. The van der Waals surface area contributed by atoms with Gasteiger partial charge in [0.05, 0.1) is 5.52 Å². The second-order valence-corrected chi connectivity index (χ2v) is 8.34. The summed E-state index contributed by atoms with van der Waals surface area (Å²) in [6, 6.07) is 26.5. The smallest absolute Gasteiger partial charge is 0.263 e. The van der Waals surface area contributed by atoms with Gasteiger partial charge in [-0.25, -0.2) is 0 Å². The van der Waals surface area contributed by atoms with Gasteiger partial charge in [-0.15, -0.1) is 0 Å². The Morgan fingerprint density at radius 3 is 2.12 bits per heavy atom. The zero-order valence-corrected chi connectivity index (χ0v) is 17.2. The lowest BCUT2D eigenvalue weighted by Gasteiger charge is -2.09. The molecule has 3 aromatic heterocycles. The highest BCUT2D eigenvalue weighted by Gasteiger charge is 2.16. The quantitative estimate of drug-likeness (QED) is 0.338. The van der Waals surface area contributed by atoms with Gasteiger partial charge in [-0.1, -0.05) is 55.6 Å². The molecule has 0 atom stereocenters. The highest BCUT2D eigenvalue weighted by Crippen LogP contribution is 2.35. The molecule has 4 aromatic carbocycles. The number of rotatable bonds is 1. The summed E-state index contributed by atoms with van der Waals surface area (Å²) in [5, 5.41) is 7.26. The third-order valence-electron chi connectivity index (χ3n) is 6.64. The fourth-order valence-corrected chi connectivity index (χ4v) is 5.06. The van der Waals surface area contributed by atoms with E-state index in [2.05, 4.69) is 43.5 Å². The van der Waals surface area contributed by atoms with E-state index in [0.717, 1.165) is 60.0 Å². The van der Waals surface area contributed by atoms with Crippen molar-refractivity contribution >= 4 is 62.2 Å². The molecule has 0 aliphatic carbocycles. The van der Waals surface area contributed by atoms with Gasteiger partial charge in [-0.3, -0.25) is 9.20 Å². The van der Waals surface area contributed by atoms with Crippen LogP contribution in [0.25, 0.3) is 73.3 Å². The topological polar surface area (TPSA) is 34.6 Å².